The predicted octanol–water partition coefficient (Wildman–Crippen LogP) is 4.01. The molecule has 0 spiro atoms. The summed E-state index contributed by atoms with van der Waals surface area (Å²) in [5, 5.41) is 4.38. The Balaban J connectivity index is 1.52. The summed E-state index contributed by atoms with van der Waals surface area (Å²) in [5.41, 5.74) is 7.40. The van der Waals surface area contributed by atoms with Crippen LogP contribution in [-0.4, -0.2) is 37.7 Å². The fraction of sp³-hybridized carbons (Fsp3) is 0.619. The SMILES string of the molecule is CC1=C(CCN2Cc3[nH]cnc3C(c3cnn(C)c3)C2)C(C)(C)CCC1. The fourth-order valence-electron chi connectivity index (χ4n) is 4.94. The van der Waals surface area contributed by atoms with Crippen molar-refractivity contribution in [3.05, 3.63) is 46.8 Å². The number of aryl methyl sites for hydroxylation is 1. The van der Waals surface area contributed by atoms with Crippen LogP contribution in [0, 0.1) is 5.41 Å². The number of hydrogen-bond acceptors (Lipinski definition) is 3. The number of aromatic amines is 1. The van der Waals surface area contributed by atoms with E-state index in [1.807, 2.05) is 24.3 Å². The molecule has 4 rings (SSSR count). The summed E-state index contributed by atoms with van der Waals surface area (Å²) in [7, 11) is 1.98. The summed E-state index contributed by atoms with van der Waals surface area (Å²) >= 11 is 0. The molecule has 26 heavy (non-hydrogen) atoms. The molecule has 0 radical (unpaired) electrons. The summed E-state index contributed by atoms with van der Waals surface area (Å²) in [6.07, 6.45) is 11.1. The van der Waals surface area contributed by atoms with Crippen molar-refractivity contribution in [1.29, 1.82) is 0 Å². The maximum Gasteiger partial charge on any atom is 0.0925 e. The lowest BCUT2D eigenvalue weighted by molar-refractivity contribution is 0.229. The first-order chi connectivity index (χ1) is 12.4. The molecule has 0 fully saturated rings. The van der Waals surface area contributed by atoms with Crippen molar-refractivity contribution in [2.45, 2.75) is 58.9 Å². The number of rotatable bonds is 4. The Morgan fingerprint density at radius 1 is 1.35 bits per heavy atom. The molecule has 1 atom stereocenters. The minimum absolute atomic E-state index is 0.313. The van der Waals surface area contributed by atoms with Crippen LogP contribution in [0.1, 0.15) is 69.3 Å². The zero-order valence-corrected chi connectivity index (χ0v) is 16.5. The van der Waals surface area contributed by atoms with Gasteiger partial charge < -0.3 is 4.98 Å². The molecule has 5 heteroatoms. The molecular formula is C21H31N5. The van der Waals surface area contributed by atoms with E-state index in [-0.39, 0.29) is 0 Å². The number of nitrogens with zero attached hydrogens (tertiary/aromatic N) is 4. The smallest absolute Gasteiger partial charge is 0.0925 e. The molecule has 0 bridgehead atoms. The van der Waals surface area contributed by atoms with Gasteiger partial charge in [0.25, 0.3) is 0 Å². The lowest BCUT2D eigenvalue weighted by atomic mass is 9.71. The van der Waals surface area contributed by atoms with Gasteiger partial charge in [-0.2, -0.15) is 5.10 Å². The van der Waals surface area contributed by atoms with Crippen LogP contribution < -0.4 is 0 Å². The number of allylic oxidation sites excluding steroid dienone is 1. The minimum atomic E-state index is 0.313. The second-order valence-corrected chi connectivity index (χ2v) is 8.75. The molecule has 0 aromatic carbocycles. The van der Waals surface area contributed by atoms with Crippen molar-refractivity contribution in [2.24, 2.45) is 12.5 Å². The number of hydrogen-bond donors (Lipinski definition) is 1. The van der Waals surface area contributed by atoms with Crippen molar-refractivity contribution in [3.63, 3.8) is 0 Å². The average molecular weight is 354 g/mol. The number of imidazole rings is 1. The average Bonchev–Trinajstić information content (AvgIpc) is 3.21. The zero-order chi connectivity index (χ0) is 18.3. The van der Waals surface area contributed by atoms with Crippen LogP contribution in [-0.2, 0) is 13.6 Å². The first-order valence-electron chi connectivity index (χ1n) is 9.86. The Bertz CT molecular complexity index is 810. The molecule has 3 heterocycles. The highest BCUT2D eigenvalue weighted by atomic mass is 15.2. The van der Waals surface area contributed by atoms with Crippen LogP contribution in [0.15, 0.2) is 29.9 Å². The van der Waals surface area contributed by atoms with Crippen LogP contribution in [0.4, 0.5) is 0 Å². The van der Waals surface area contributed by atoms with Crippen molar-refractivity contribution in [3.8, 4) is 0 Å². The quantitative estimate of drug-likeness (QED) is 0.845. The largest absolute Gasteiger partial charge is 0.347 e. The van der Waals surface area contributed by atoms with Crippen molar-refractivity contribution in [1.82, 2.24) is 24.6 Å². The Morgan fingerprint density at radius 3 is 2.92 bits per heavy atom. The second-order valence-electron chi connectivity index (χ2n) is 8.75. The van der Waals surface area contributed by atoms with E-state index >= 15 is 0 Å². The van der Waals surface area contributed by atoms with E-state index in [9.17, 15) is 0 Å². The van der Waals surface area contributed by atoms with E-state index in [1.54, 1.807) is 11.1 Å². The summed E-state index contributed by atoms with van der Waals surface area (Å²) in [4.78, 5) is 10.6. The molecule has 0 amide bonds. The summed E-state index contributed by atoms with van der Waals surface area (Å²) in [5.74, 6) is 0.313. The molecule has 0 saturated heterocycles. The third-order valence-corrected chi connectivity index (χ3v) is 6.40. The van der Waals surface area contributed by atoms with Crippen LogP contribution in [0.25, 0.3) is 0 Å². The third-order valence-electron chi connectivity index (χ3n) is 6.40. The molecule has 1 aliphatic heterocycles. The molecule has 0 saturated carbocycles. The normalized spacial score (nSPS) is 23.3. The van der Waals surface area contributed by atoms with Gasteiger partial charge >= 0.3 is 0 Å². The van der Waals surface area contributed by atoms with Gasteiger partial charge in [0.2, 0.25) is 0 Å². The van der Waals surface area contributed by atoms with Gasteiger partial charge in [-0.1, -0.05) is 25.0 Å². The Labute approximate surface area is 156 Å². The molecule has 5 nitrogen and oxygen atoms in total. The van der Waals surface area contributed by atoms with Gasteiger partial charge in [0.15, 0.2) is 0 Å². The van der Waals surface area contributed by atoms with E-state index < -0.39 is 0 Å². The van der Waals surface area contributed by atoms with Crippen LogP contribution >= 0.6 is 0 Å². The highest BCUT2D eigenvalue weighted by Gasteiger charge is 2.32. The van der Waals surface area contributed by atoms with Gasteiger partial charge in [-0.15, -0.1) is 0 Å². The van der Waals surface area contributed by atoms with E-state index in [4.69, 9.17) is 0 Å². The van der Waals surface area contributed by atoms with E-state index in [0.29, 0.717) is 11.3 Å². The number of aromatic nitrogens is 4. The number of H-pyrrole nitrogens is 1. The molecule has 1 unspecified atom stereocenters. The highest BCUT2D eigenvalue weighted by molar-refractivity contribution is 5.31. The van der Waals surface area contributed by atoms with E-state index in [1.165, 1.54) is 42.6 Å². The number of nitrogens with one attached hydrogen (secondary N) is 1. The maximum absolute atomic E-state index is 4.61. The first-order valence-corrected chi connectivity index (χ1v) is 9.86. The summed E-state index contributed by atoms with van der Waals surface area (Å²) < 4.78 is 1.89. The molecule has 1 N–H and O–H groups in total. The van der Waals surface area contributed by atoms with Crippen molar-refractivity contribution < 1.29 is 0 Å². The fourth-order valence-corrected chi connectivity index (χ4v) is 4.94. The monoisotopic (exact) mass is 353 g/mol. The maximum atomic E-state index is 4.61. The molecule has 2 aliphatic rings. The van der Waals surface area contributed by atoms with Crippen molar-refractivity contribution in [2.75, 3.05) is 13.1 Å². The predicted molar refractivity (Wildman–Crippen MR) is 104 cm³/mol. The third kappa shape index (κ3) is 3.25. The first kappa shape index (κ1) is 17.5. The van der Waals surface area contributed by atoms with Crippen molar-refractivity contribution >= 4 is 0 Å². The molecule has 140 valence electrons. The Hall–Kier alpha value is -1.88. The molecule has 2 aromatic rings. The second kappa shape index (κ2) is 6.69. The Kier molecular flexibility index (Phi) is 4.51. The summed E-state index contributed by atoms with van der Waals surface area (Å²) in [6, 6.07) is 0. The van der Waals surface area contributed by atoms with Gasteiger partial charge in [0.1, 0.15) is 0 Å². The van der Waals surface area contributed by atoms with Gasteiger partial charge in [0.05, 0.1) is 23.9 Å². The topological polar surface area (TPSA) is 49.7 Å². The standard InChI is InChI=1S/C21H31N5/c1-15-6-5-8-21(2,3)18(15)7-9-26-12-17(16-10-24-25(4)11-16)20-19(13-26)22-14-23-20/h10-11,14,17H,5-9,12-13H2,1-4H3,(H,22,23). The van der Waals surface area contributed by atoms with Crippen LogP contribution in [0.3, 0.4) is 0 Å². The van der Waals surface area contributed by atoms with Gasteiger partial charge in [0, 0.05) is 44.4 Å². The van der Waals surface area contributed by atoms with E-state index in [2.05, 4.69) is 46.9 Å². The number of fused-ring (bicyclic) bond motifs is 1. The van der Waals surface area contributed by atoms with Crippen LogP contribution in [0.5, 0.6) is 0 Å². The lowest BCUT2D eigenvalue weighted by Crippen LogP contribution is -2.36. The van der Waals surface area contributed by atoms with Gasteiger partial charge in [-0.25, -0.2) is 4.98 Å². The summed E-state index contributed by atoms with van der Waals surface area (Å²) in [6.45, 7) is 10.3. The zero-order valence-electron chi connectivity index (χ0n) is 16.5. The Morgan fingerprint density at radius 2 is 2.19 bits per heavy atom. The minimum Gasteiger partial charge on any atom is -0.347 e. The molecule has 2 aromatic heterocycles. The van der Waals surface area contributed by atoms with Gasteiger partial charge in [-0.3, -0.25) is 9.58 Å². The highest BCUT2D eigenvalue weighted by Crippen LogP contribution is 2.42. The lowest BCUT2D eigenvalue weighted by Gasteiger charge is -2.37. The molecular weight excluding hydrogens is 322 g/mol. The van der Waals surface area contributed by atoms with Crippen LogP contribution in [0.2, 0.25) is 0 Å². The van der Waals surface area contributed by atoms with Gasteiger partial charge in [-0.05, 0) is 38.0 Å². The molecule has 1 aliphatic carbocycles. The van der Waals surface area contributed by atoms with E-state index in [0.717, 1.165) is 19.6 Å².